The molecule has 2 N–H and O–H groups in total. The summed E-state index contributed by atoms with van der Waals surface area (Å²) in [6, 6.07) is 8.63. The highest BCUT2D eigenvalue weighted by atomic mass is 127. The van der Waals surface area contributed by atoms with Gasteiger partial charge in [-0.2, -0.15) is 0 Å². The van der Waals surface area contributed by atoms with Crippen LogP contribution < -0.4 is 10.6 Å². The van der Waals surface area contributed by atoms with Gasteiger partial charge in [0.05, 0.1) is 12.3 Å². The first-order valence-corrected chi connectivity index (χ1v) is 11.2. The van der Waals surface area contributed by atoms with Crippen LogP contribution >= 0.6 is 24.0 Å². The highest BCUT2D eigenvalue weighted by molar-refractivity contribution is 14.0. The molecular formula is C19H33IN4O2S. The molecule has 0 unspecified atom stereocenters. The predicted octanol–water partition coefficient (Wildman–Crippen LogP) is 2.74. The lowest BCUT2D eigenvalue weighted by Gasteiger charge is -2.32. The minimum absolute atomic E-state index is 0. The highest BCUT2D eigenvalue weighted by Crippen LogP contribution is 2.15. The monoisotopic (exact) mass is 508 g/mol. The van der Waals surface area contributed by atoms with E-state index in [2.05, 4.69) is 35.8 Å². The van der Waals surface area contributed by atoms with Crippen molar-refractivity contribution in [1.82, 2.24) is 14.9 Å². The van der Waals surface area contributed by atoms with E-state index in [-0.39, 0.29) is 35.8 Å². The number of aryl methyl sites for hydroxylation is 1. The number of guanidine groups is 1. The van der Waals surface area contributed by atoms with Crippen LogP contribution in [-0.4, -0.2) is 50.1 Å². The molecule has 0 aliphatic carbocycles. The Kier molecular flexibility index (Phi) is 10.6. The Morgan fingerprint density at radius 2 is 1.78 bits per heavy atom. The number of halogens is 1. The second-order valence-corrected chi connectivity index (χ2v) is 8.79. The Balaban J connectivity index is 0.00000364. The molecule has 0 spiro atoms. The molecule has 1 fully saturated rings. The van der Waals surface area contributed by atoms with Crippen LogP contribution in [0.4, 0.5) is 0 Å². The normalized spacial score (nSPS) is 16.6. The van der Waals surface area contributed by atoms with E-state index in [1.165, 1.54) is 11.1 Å². The van der Waals surface area contributed by atoms with Crippen molar-refractivity contribution >= 4 is 40.0 Å². The first kappa shape index (κ1) is 24.2. The molecule has 0 atom stereocenters. The van der Waals surface area contributed by atoms with Crippen molar-refractivity contribution in [3.63, 3.8) is 0 Å². The van der Waals surface area contributed by atoms with Crippen molar-refractivity contribution < 1.29 is 8.42 Å². The Labute approximate surface area is 181 Å². The summed E-state index contributed by atoms with van der Waals surface area (Å²) in [5, 5.41) is 6.77. The van der Waals surface area contributed by atoms with E-state index in [0.717, 1.165) is 31.8 Å². The van der Waals surface area contributed by atoms with Crippen molar-refractivity contribution in [2.24, 2.45) is 4.99 Å². The fourth-order valence-corrected chi connectivity index (χ4v) is 4.33. The van der Waals surface area contributed by atoms with Gasteiger partial charge in [-0.25, -0.2) is 17.7 Å². The third-order valence-electron chi connectivity index (χ3n) is 4.80. The van der Waals surface area contributed by atoms with E-state index in [9.17, 15) is 8.42 Å². The summed E-state index contributed by atoms with van der Waals surface area (Å²) in [6.45, 7) is 8.49. The number of piperidine rings is 1. The van der Waals surface area contributed by atoms with Crippen molar-refractivity contribution in [3.05, 3.63) is 35.4 Å². The van der Waals surface area contributed by atoms with E-state index in [4.69, 9.17) is 4.99 Å². The molecule has 1 aromatic rings. The number of hydrogen-bond donors (Lipinski definition) is 2. The molecule has 2 rings (SSSR count). The number of hydrogen-bond acceptors (Lipinski definition) is 3. The molecule has 0 amide bonds. The van der Waals surface area contributed by atoms with Gasteiger partial charge in [0.25, 0.3) is 0 Å². The van der Waals surface area contributed by atoms with Gasteiger partial charge in [-0.1, -0.05) is 31.2 Å². The van der Waals surface area contributed by atoms with Gasteiger partial charge in [0.1, 0.15) is 0 Å². The van der Waals surface area contributed by atoms with Gasteiger partial charge < -0.3 is 10.6 Å². The summed E-state index contributed by atoms with van der Waals surface area (Å²) in [5.74, 6) is 0.974. The summed E-state index contributed by atoms with van der Waals surface area (Å²) >= 11 is 0. The molecule has 6 nitrogen and oxygen atoms in total. The van der Waals surface area contributed by atoms with Gasteiger partial charge in [0, 0.05) is 25.7 Å². The van der Waals surface area contributed by atoms with Gasteiger partial charge >= 0.3 is 0 Å². The molecule has 1 saturated heterocycles. The third kappa shape index (κ3) is 7.23. The SMILES string of the molecule is CCNC(=NCc1ccccc1CC)NC1CCN(S(=O)(=O)CC)CC1.I. The van der Waals surface area contributed by atoms with Gasteiger partial charge in [-0.3, -0.25) is 0 Å². The lowest BCUT2D eigenvalue weighted by molar-refractivity contribution is 0.306. The standard InChI is InChI=1S/C19H32N4O2S.HI/c1-4-16-9-7-8-10-17(16)15-21-19(20-5-2)22-18-11-13-23(14-12-18)26(24,25)6-3;/h7-10,18H,4-6,11-15H2,1-3H3,(H2,20,21,22);1H. The van der Waals surface area contributed by atoms with Crippen molar-refractivity contribution in [1.29, 1.82) is 0 Å². The average Bonchev–Trinajstić information content (AvgIpc) is 2.67. The minimum Gasteiger partial charge on any atom is -0.357 e. The fraction of sp³-hybridized carbons (Fsp3) is 0.632. The lowest BCUT2D eigenvalue weighted by atomic mass is 10.1. The number of nitrogens with zero attached hydrogens (tertiary/aromatic N) is 2. The molecule has 1 aromatic carbocycles. The van der Waals surface area contributed by atoms with Gasteiger partial charge in [-0.15, -0.1) is 24.0 Å². The molecule has 1 aliphatic heterocycles. The topological polar surface area (TPSA) is 73.8 Å². The molecule has 0 bridgehead atoms. The van der Waals surface area contributed by atoms with E-state index in [1.54, 1.807) is 11.2 Å². The zero-order chi connectivity index (χ0) is 19.0. The molecule has 27 heavy (non-hydrogen) atoms. The largest absolute Gasteiger partial charge is 0.357 e. The van der Waals surface area contributed by atoms with Gasteiger partial charge in [0.2, 0.25) is 10.0 Å². The summed E-state index contributed by atoms with van der Waals surface area (Å²) in [6.07, 6.45) is 2.60. The second-order valence-electron chi connectivity index (χ2n) is 6.54. The highest BCUT2D eigenvalue weighted by Gasteiger charge is 2.26. The summed E-state index contributed by atoms with van der Waals surface area (Å²) in [5.41, 5.74) is 2.57. The van der Waals surface area contributed by atoms with Crippen LogP contribution in [0.5, 0.6) is 0 Å². The number of nitrogens with one attached hydrogen (secondary N) is 2. The molecule has 8 heteroatoms. The lowest BCUT2D eigenvalue weighted by Crippen LogP contribution is -2.50. The second kappa shape index (κ2) is 11.9. The van der Waals surface area contributed by atoms with E-state index in [0.29, 0.717) is 19.6 Å². The molecule has 0 aromatic heterocycles. The Hall–Kier alpha value is -0.870. The Morgan fingerprint density at radius 1 is 1.15 bits per heavy atom. The molecule has 0 radical (unpaired) electrons. The van der Waals surface area contributed by atoms with Gasteiger partial charge in [-0.05, 0) is 44.2 Å². The zero-order valence-corrected chi connectivity index (χ0v) is 19.7. The maximum Gasteiger partial charge on any atom is 0.213 e. The first-order valence-electron chi connectivity index (χ1n) is 9.59. The Bertz CT molecular complexity index is 701. The van der Waals surface area contributed by atoms with Crippen LogP contribution in [0, 0.1) is 0 Å². The number of aliphatic imine (C=N–C) groups is 1. The molecule has 1 aliphatic rings. The van der Waals surface area contributed by atoms with Crippen LogP contribution in [0.3, 0.4) is 0 Å². The van der Waals surface area contributed by atoms with Crippen LogP contribution in [0.15, 0.2) is 29.3 Å². The average molecular weight is 508 g/mol. The summed E-state index contributed by atoms with van der Waals surface area (Å²) in [7, 11) is -3.08. The summed E-state index contributed by atoms with van der Waals surface area (Å²) in [4.78, 5) is 4.73. The molecule has 1 heterocycles. The van der Waals surface area contributed by atoms with Crippen molar-refractivity contribution in [2.75, 3.05) is 25.4 Å². The maximum atomic E-state index is 12.0. The predicted molar refractivity (Wildman–Crippen MR) is 123 cm³/mol. The van der Waals surface area contributed by atoms with Crippen LogP contribution in [0.25, 0.3) is 0 Å². The summed E-state index contributed by atoms with van der Waals surface area (Å²) < 4.78 is 25.6. The van der Waals surface area contributed by atoms with E-state index < -0.39 is 10.0 Å². The van der Waals surface area contributed by atoms with Crippen LogP contribution in [-0.2, 0) is 23.0 Å². The van der Waals surface area contributed by atoms with Crippen LogP contribution in [0.2, 0.25) is 0 Å². The molecule has 154 valence electrons. The Morgan fingerprint density at radius 3 is 2.33 bits per heavy atom. The maximum absolute atomic E-state index is 12.0. The molecular weight excluding hydrogens is 475 g/mol. The number of sulfonamides is 1. The van der Waals surface area contributed by atoms with Gasteiger partial charge in [0.15, 0.2) is 5.96 Å². The zero-order valence-electron chi connectivity index (χ0n) is 16.6. The fourth-order valence-electron chi connectivity index (χ4n) is 3.20. The van der Waals surface area contributed by atoms with Crippen molar-refractivity contribution in [3.8, 4) is 0 Å². The van der Waals surface area contributed by atoms with E-state index in [1.807, 2.05) is 13.0 Å². The number of benzene rings is 1. The third-order valence-corrected chi connectivity index (χ3v) is 6.69. The quantitative estimate of drug-likeness (QED) is 0.338. The first-order chi connectivity index (χ1) is 12.5. The van der Waals surface area contributed by atoms with Crippen molar-refractivity contribution in [2.45, 2.75) is 52.6 Å². The number of rotatable bonds is 7. The smallest absolute Gasteiger partial charge is 0.213 e. The van der Waals surface area contributed by atoms with E-state index >= 15 is 0 Å². The van der Waals surface area contributed by atoms with Crippen LogP contribution in [0.1, 0.15) is 44.7 Å². The minimum atomic E-state index is -3.08. The molecule has 0 saturated carbocycles.